The first-order valence-electron chi connectivity index (χ1n) is 21.4. The Morgan fingerprint density at radius 1 is 0.952 bits per heavy atom. The van der Waals surface area contributed by atoms with Crippen LogP contribution in [0.4, 0.5) is 20.3 Å². The van der Waals surface area contributed by atoms with Crippen LogP contribution in [-0.4, -0.2) is 88.1 Å². The molecule has 330 valence electrons. The molecular formula is C43H51F2N9O8. The standard InChI is InChI=1S/C43H51F2N9O8/c44-39(45)38-31(49-40(56)32-25-61-42(50-32)29-13-14-47-36(21-29)48-23-28-3-4-28)24-53(52-38)30-8-5-27(6-9-30)22-46-15-17-60-19-18-59-16-1-2-26-7-10-33-35(20-26)62-43(58)54(33)34-11-12-37(55)51-41(34)57/h7,10,13-14,20-21,24-25,27-28,30,34,39,46H,1-6,8-9,11-12,15-19,22-23H2,(H,47,48)(H,49,56)(H,51,55,57)/t27-,30-,34?. The maximum absolute atomic E-state index is 14.1. The van der Waals surface area contributed by atoms with Crippen molar-refractivity contribution in [1.82, 2.24) is 34.9 Å². The topological polar surface area (TPSA) is 210 Å². The highest BCUT2D eigenvalue weighted by atomic mass is 19.3. The highest BCUT2D eigenvalue weighted by Gasteiger charge is 2.32. The number of benzene rings is 1. The average molecular weight is 860 g/mol. The van der Waals surface area contributed by atoms with Crippen LogP contribution < -0.4 is 27.0 Å². The second-order valence-electron chi connectivity index (χ2n) is 16.2. The molecule has 2 aliphatic carbocycles. The third kappa shape index (κ3) is 10.8. The lowest BCUT2D eigenvalue weighted by molar-refractivity contribution is -0.135. The molecule has 1 aromatic carbocycles. The Labute approximate surface area is 355 Å². The van der Waals surface area contributed by atoms with Gasteiger partial charge in [0.15, 0.2) is 17.0 Å². The van der Waals surface area contributed by atoms with E-state index in [1.165, 1.54) is 29.9 Å². The van der Waals surface area contributed by atoms with Crippen molar-refractivity contribution in [3.8, 4) is 11.5 Å². The van der Waals surface area contributed by atoms with E-state index in [4.69, 9.17) is 18.3 Å². The van der Waals surface area contributed by atoms with Crippen molar-refractivity contribution in [2.24, 2.45) is 11.8 Å². The number of hydrogen-bond acceptors (Lipinski definition) is 13. The normalized spacial score (nSPS) is 19.3. The highest BCUT2D eigenvalue weighted by Crippen LogP contribution is 2.35. The average Bonchev–Trinajstić information content (AvgIpc) is 3.62. The molecule has 1 saturated heterocycles. The van der Waals surface area contributed by atoms with E-state index < -0.39 is 35.7 Å². The maximum atomic E-state index is 14.1. The van der Waals surface area contributed by atoms with E-state index in [1.54, 1.807) is 35.1 Å². The zero-order valence-electron chi connectivity index (χ0n) is 34.3. The lowest BCUT2D eigenvalue weighted by Crippen LogP contribution is -2.43. The van der Waals surface area contributed by atoms with Crippen LogP contribution in [-0.2, 0) is 25.5 Å². The quantitative estimate of drug-likeness (QED) is 0.0507. The third-order valence-corrected chi connectivity index (χ3v) is 11.6. The highest BCUT2D eigenvalue weighted by molar-refractivity contribution is 6.03. The van der Waals surface area contributed by atoms with Crippen molar-refractivity contribution < 1.29 is 41.5 Å². The van der Waals surface area contributed by atoms with Crippen LogP contribution in [0.15, 0.2) is 62.6 Å². The van der Waals surface area contributed by atoms with Gasteiger partial charge >= 0.3 is 5.76 Å². The molecule has 1 atom stereocenters. The van der Waals surface area contributed by atoms with Crippen LogP contribution in [0.25, 0.3) is 22.6 Å². The third-order valence-electron chi connectivity index (χ3n) is 11.6. The fraction of sp³-hybridized carbons (Fsp3) is 0.512. The summed E-state index contributed by atoms with van der Waals surface area (Å²) in [5.41, 5.74) is 1.97. The lowest BCUT2D eigenvalue weighted by Gasteiger charge is -2.28. The number of nitrogens with zero attached hydrogens (tertiary/aromatic N) is 5. The molecule has 2 saturated carbocycles. The number of pyridine rings is 1. The number of aryl methyl sites for hydroxylation is 1. The van der Waals surface area contributed by atoms with Crippen LogP contribution in [0.3, 0.4) is 0 Å². The van der Waals surface area contributed by atoms with Crippen molar-refractivity contribution in [2.45, 2.75) is 82.7 Å². The Bertz CT molecular complexity index is 2400. The zero-order chi connectivity index (χ0) is 43.0. The molecule has 4 N–H and O–H groups in total. The summed E-state index contributed by atoms with van der Waals surface area (Å²) in [5.74, 6) is -0.123. The van der Waals surface area contributed by atoms with E-state index in [1.807, 2.05) is 6.07 Å². The van der Waals surface area contributed by atoms with E-state index in [0.29, 0.717) is 73.7 Å². The summed E-state index contributed by atoms with van der Waals surface area (Å²) in [6.07, 6.45) is 9.13. The monoisotopic (exact) mass is 859 g/mol. The molecule has 17 nitrogen and oxygen atoms in total. The van der Waals surface area contributed by atoms with Gasteiger partial charge in [0.05, 0.1) is 37.1 Å². The molecule has 8 rings (SSSR count). The van der Waals surface area contributed by atoms with Gasteiger partial charge in [-0.05, 0) is 106 Å². The van der Waals surface area contributed by atoms with E-state index in [2.05, 4.69) is 36.3 Å². The van der Waals surface area contributed by atoms with Gasteiger partial charge in [-0.2, -0.15) is 5.10 Å². The summed E-state index contributed by atoms with van der Waals surface area (Å²) in [6, 6.07) is 8.15. The van der Waals surface area contributed by atoms with Gasteiger partial charge in [0.2, 0.25) is 17.7 Å². The Morgan fingerprint density at radius 2 is 1.74 bits per heavy atom. The van der Waals surface area contributed by atoms with E-state index >= 15 is 0 Å². The van der Waals surface area contributed by atoms with Crippen molar-refractivity contribution in [3.63, 3.8) is 0 Å². The molecule has 1 aliphatic heterocycles. The molecule has 3 fully saturated rings. The molecule has 19 heteroatoms. The number of rotatable bonds is 21. The van der Waals surface area contributed by atoms with E-state index in [-0.39, 0.29) is 42.1 Å². The predicted octanol–water partition coefficient (Wildman–Crippen LogP) is 5.82. The number of hydrogen-bond donors (Lipinski definition) is 4. The Morgan fingerprint density at radius 3 is 2.53 bits per heavy atom. The van der Waals surface area contributed by atoms with Gasteiger partial charge in [-0.25, -0.2) is 23.5 Å². The molecule has 5 heterocycles. The summed E-state index contributed by atoms with van der Waals surface area (Å²) in [6.45, 7) is 4.37. The zero-order valence-corrected chi connectivity index (χ0v) is 34.3. The minimum absolute atomic E-state index is 0.0369. The number of imide groups is 1. The number of halogens is 2. The number of alkyl halides is 2. The minimum Gasteiger partial charge on any atom is -0.444 e. The van der Waals surface area contributed by atoms with Gasteiger partial charge in [0.1, 0.15) is 18.1 Å². The second-order valence-corrected chi connectivity index (χ2v) is 16.2. The van der Waals surface area contributed by atoms with Gasteiger partial charge in [0.25, 0.3) is 12.3 Å². The van der Waals surface area contributed by atoms with Crippen LogP contribution in [0.5, 0.6) is 0 Å². The Kier molecular flexibility index (Phi) is 13.8. The van der Waals surface area contributed by atoms with Crippen molar-refractivity contribution in [3.05, 3.63) is 76.5 Å². The second kappa shape index (κ2) is 19.9. The smallest absolute Gasteiger partial charge is 0.420 e. The summed E-state index contributed by atoms with van der Waals surface area (Å²) in [5, 5.41) is 15.8. The number of carbonyl (C=O) groups excluding carboxylic acids is 3. The molecule has 0 spiro atoms. The van der Waals surface area contributed by atoms with Gasteiger partial charge in [-0.1, -0.05) is 6.07 Å². The number of ether oxygens (including phenoxy) is 2. The number of aromatic nitrogens is 5. The molecule has 0 radical (unpaired) electrons. The first kappa shape index (κ1) is 42.9. The number of carbonyl (C=O) groups is 3. The summed E-state index contributed by atoms with van der Waals surface area (Å²) >= 11 is 0. The van der Waals surface area contributed by atoms with E-state index in [0.717, 1.165) is 50.8 Å². The Balaban J connectivity index is 0.692. The minimum atomic E-state index is -2.87. The number of piperidine rings is 1. The van der Waals surface area contributed by atoms with Crippen LogP contribution in [0, 0.1) is 11.8 Å². The fourth-order valence-corrected chi connectivity index (χ4v) is 8.00. The predicted molar refractivity (Wildman–Crippen MR) is 222 cm³/mol. The molecule has 1 unspecified atom stereocenters. The molecule has 4 aromatic heterocycles. The summed E-state index contributed by atoms with van der Waals surface area (Å²) < 4.78 is 53.4. The lowest BCUT2D eigenvalue weighted by atomic mass is 9.86. The fourth-order valence-electron chi connectivity index (χ4n) is 8.00. The molecular weight excluding hydrogens is 809 g/mol. The largest absolute Gasteiger partial charge is 0.444 e. The van der Waals surface area contributed by atoms with Gasteiger partial charge in [0, 0.05) is 44.1 Å². The van der Waals surface area contributed by atoms with Crippen molar-refractivity contribution in [2.75, 3.05) is 56.7 Å². The molecule has 62 heavy (non-hydrogen) atoms. The molecule has 0 bridgehead atoms. The van der Waals surface area contributed by atoms with Crippen LogP contribution >= 0.6 is 0 Å². The number of anilines is 2. The maximum Gasteiger partial charge on any atom is 0.420 e. The van der Waals surface area contributed by atoms with Crippen LogP contribution in [0.1, 0.15) is 98.0 Å². The van der Waals surface area contributed by atoms with Gasteiger partial charge in [-0.15, -0.1) is 0 Å². The SMILES string of the molecule is O=C1CCC(n2c(=O)oc3cc(CCCOCCOCCNC[C@H]4CC[C@H](n5cc(NC(=O)c6coc(-c7ccnc(NCC8CC8)c7)n6)c(C(F)F)n5)CC4)ccc32)C(=O)N1. The summed E-state index contributed by atoms with van der Waals surface area (Å²) in [7, 11) is 0. The van der Waals surface area contributed by atoms with E-state index in [9.17, 15) is 28.0 Å². The number of fused-ring (bicyclic) bond motifs is 1. The molecule has 3 aliphatic rings. The first-order chi connectivity index (χ1) is 30.2. The van der Waals surface area contributed by atoms with Gasteiger partial charge < -0.3 is 34.3 Å². The van der Waals surface area contributed by atoms with Crippen molar-refractivity contribution in [1.29, 1.82) is 0 Å². The number of nitrogens with one attached hydrogen (secondary N) is 4. The summed E-state index contributed by atoms with van der Waals surface area (Å²) in [4.78, 5) is 58.1. The molecule has 3 amide bonds. The van der Waals surface area contributed by atoms with Gasteiger partial charge in [-0.3, -0.25) is 28.9 Å². The van der Waals surface area contributed by atoms with Crippen molar-refractivity contribution >= 4 is 40.3 Å². The first-order valence-corrected chi connectivity index (χ1v) is 21.4. The number of oxazole rings is 2. The number of amides is 3. The Hall–Kier alpha value is -5.79. The van der Waals surface area contributed by atoms with Crippen LogP contribution in [0.2, 0.25) is 0 Å². The molecule has 5 aromatic rings.